The van der Waals surface area contributed by atoms with Gasteiger partial charge in [-0.2, -0.15) is 0 Å². The zero-order chi connectivity index (χ0) is 17.1. The predicted molar refractivity (Wildman–Crippen MR) is 93.5 cm³/mol. The van der Waals surface area contributed by atoms with Crippen molar-refractivity contribution in [1.29, 1.82) is 0 Å². The number of carbonyl (C=O) groups is 2. The number of piperidine rings is 1. The van der Waals surface area contributed by atoms with Crippen molar-refractivity contribution in [2.24, 2.45) is 13.0 Å². The molecule has 24 heavy (non-hydrogen) atoms. The van der Waals surface area contributed by atoms with Crippen LogP contribution >= 0.6 is 11.8 Å². The minimum Gasteiger partial charge on any atom is -0.350 e. The van der Waals surface area contributed by atoms with E-state index in [1.807, 2.05) is 22.8 Å². The van der Waals surface area contributed by atoms with Gasteiger partial charge in [-0.1, -0.05) is 24.6 Å². The van der Waals surface area contributed by atoms with E-state index >= 15 is 0 Å². The number of thioether (sulfide) groups is 1. The van der Waals surface area contributed by atoms with Crippen LogP contribution in [0.2, 0.25) is 0 Å². The van der Waals surface area contributed by atoms with Crippen molar-refractivity contribution in [3.63, 3.8) is 0 Å². The van der Waals surface area contributed by atoms with Crippen LogP contribution in [0.4, 0.5) is 0 Å². The zero-order valence-electron chi connectivity index (χ0n) is 14.5. The molecule has 3 rings (SSSR count). The van der Waals surface area contributed by atoms with Crippen LogP contribution in [0.5, 0.6) is 0 Å². The fraction of sp³-hybridized carbons (Fsp3) is 0.706. The minimum absolute atomic E-state index is 0.0531. The summed E-state index contributed by atoms with van der Waals surface area (Å²) in [6, 6.07) is 0.356. The van der Waals surface area contributed by atoms with Gasteiger partial charge in [0, 0.05) is 26.1 Å². The van der Waals surface area contributed by atoms with E-state index in [9.17, 15) is 9.59 Å². The Bertz CT molecular complexity index is 610. The molecule has 2 amide bonds. The molecule has 2 aliphatic rings. The second-order valence-electron chi connectivity index (χ2n) is 6.73. The highest BCUT2D eigenvalue weighted by Crippen LogP contribution is 2.28. The number of hydrogen-bond donors (Lipinski definition) is 1. The molecule has 7 heteroatoms. The van der Waals surface area contributed by atoms with E-state index in [-0.39, 0.29) is 17.7 Å². The lowest BCUT2D eigenvalue weighted by molar-refractivity contribution is -0.140. The molecule has 0 aromatic carbocycles. The van der Waals surface area contributed by atoms with Gasteiger partial charge in [-0.3, -0.25) is 9.59 Å². The molecular weight excluding hydrogens is 324 g/mol. The molecule has 1 aliphatic carbocycles. The van der Waals surface area contributed by atoms with Gasteiger partial charge in [0.25, 0.3) is 0 Å². The van der Waals surface area contributed by atoms with Crippen molar-refractivity contribution in [2.45, 2.75) is 56.3 Å². The van der Waals surface area contributed by atoms with Gasteiger partial charge in [-0.05, 0) is 25.5 Å². The summed E-state index contributed by atoms with van der Waals surface area (Å²) in [6.45, 7) is 1.06. The fourth-order valence-corrected chi connectivity index (χ4v) is 4.31. The Morgan fingerprint density at radius 3 is 2.79 bits per heavy atom. The Balaban J connectivity index is 1.56. The van der Waals surface area contributed by atoms with Crippen LogP contribution < -0.4 is 5.32 Å². The molecule has 132 valence electrons. The summed E-state index contributed by atoms with van der Waals surface area (Å²) in [5, 5.41) is 3.97. The van der Waals surface area contributed by atoms with Crippen LogP contribution in [-0.4, -0.2) is 45.1 Å². The summed E-state index contributed by atoms with van der Waals surface area (Å²) < 4.78 is 2.00. The van der Waals surface area contributed by atoms with Crippen LogP contribution in [0.3, 0.4) is 0 Å². The number of amides is 2. The molecule has 1 aromatic heterocycles. The molecule has 1 aliphatic heterocycles. The van der Waals surface area contributed by atoms with E-state index in [1.54, 1.807) is 18.0 Å². The van der Waals surface area contributed by atoms with Gasteiger partial charge in [0.1, 0.15) is 0 Å². The van der Waals surface area contributed by atoms with Gasteiger partial charge in [0.05, 0.1) is 24.4 Å². The Labute approximate surface area is 147 Å². The quantitative estimate of drug-likeness (QED) is 0.824. The van der Waals surface area contributed by atoms with E-state index in [2.05, 4.69) is 10.3 Å². The van der Waals surface area contributed by atoms with Crippen molar-refractivity contribution in [3.05, 3.63) is 11.9 Å². The van der Waals surface area contributed by atoms with Crippen LogP contribution in [-0.2, 0) is 23.2 Å². The molecule has 0 radical (unpaired) electrons. The first-order valence-corrected chi connectivity index (χ1v) is 9.94. The molecule has 0 bridgehead atoms. The van der Waals surface area contributed by atoms with E-state index in [0.29, 0.717) is 32.0 Å². The number of aromatic nitrogens is 2. The SMILES string of the molecule is CSc1ncc(CNC(=O)C2CCC(=O)N(C3CCCC3)C2)n1C. The maximum atomic E-state index is 12.5. The Morgan fingerprint density at radius 1 is 1.38 bits per heavy atom. The summed E-state index contributed by atoms with van der Waals surface area (Å²) in [4.78, 5) is 31.0. The number of nitrogens with zero attached hydrogens (tertiary/aromatic N) is 3. The van der Waals surface area contributed by atoms with Crippen molar-refractivity contribution < 1.29 is 9.59 Å². The van der Waals surface area contributed by atoms with Gasteiger partial charge in [-0.15, -0.1) is 0 Å². The van der Waals surface area contributed by atoms with Gasteiger partial charge in [0.15, 0.2) is 5.16 Å². The summed E-state index contributed by atoms with van der Waals surface area (Å²) >= 11 is 1.59. The lowest BCUT2D eigenvalue weighted by Gasteiger charge is -2.36. The fourth-order valence-electron chi connectivity index (χ4n) is 3.76. The molecule has 6 nitrogen and oxygen atoms in total. The predicted octanol–water partition coefficient (Wildman–Crippen LogP) is 1.94. The second-order valence-corrected chi connectivity index (χ2v) is 7.51. The van der Waals surface area contributed by atoms with Crippen molar-refractivity contribution in [3.8, 4) is 0 Å². The van der Waals surface area contributed by atoms with E-state index in [1.165, 1.54) is 12.8 Å². The number of nitrogens with one attached hydrogen (secondary N) is 1. The average Bonchev–Trinajstić information content (AvgIpc) is 3.23. The maximum absolute atomic E-state index is 12.5. The molecule has 1 aromatic rings. The number of rotatable bonds is 5. The zero-order valence-corrected chi connectivity index (χ0v) is 15.3. The topological polar surface area (TPSA) is 67.2 Å². The first kappa shape index (κ1) is 17.3. The monoisotopic (exact) mass is 350 g/mol. The van der Waals surface area contributed by atoms with Gasteiger partial charge in [0.2, 0.25) is 11.8 Å². The number of imidazole rings is 1. The summed E-state index contributed by atoms with van der Waals surface area (Å²) in [5.41, 5.74) is 0.993. The molecular formula is C17H26N4O2S. The van der Waals surface area contributed by atoms with Crippen molar-refractivity contribution >= 4 is 23.6 Å². The molecule has 1 N–H and O–H groups in total. The molecule has 1 atom stereocenters. The maximum Gasteiger partial charge on any atom is 0.225 e. The lowest BCUT2D eigenvalue weighted by atomic mass is 9.95. The first-order valence-electron chi connectivity index (χ1n) is 8.72. The van der Waals surface area contributed by atoms with E-state index < -0.39 is 0 Å². The average molecular weight is 350 g/mol. The highest BCUT2D eigenvalue weighted by molar-refractivity contribution is 7.98. The number of likely N-dealkylation sites (tertiary alicyclic amines) is 1. The third-order valence-corrected chi connectivity index (χ3v) is 5.99. The molecule has 1 saturated carbocycles. The molecule has 1 saturated heterocycles. The van der Waals surface area contributed by atoms with Crippen LogP contribution in [0.25, 0.3) is 0 Å². The van der Waals surface area contributed by atoms with Crippen LogP contribution in [0.1, 0.15) is 44.2 Å². The first-order chi connectivity index (χ1) is 11.6. The molecule has 2 fully saturated rings. The Kier molecular flexibility index (Phi) is 5.48. The summed E-state index contributed by atoms with van der Waals surface area (Å²) in [6.07, 6.45) is 9.53. The van der Waals surface area contributed by atoms with Gasteiger partial charge < -0.3 is 14.8 Å². The highest BCUT2D eigenvalue weighted by atomic mass is 32.2. The molecule has 1 unspecified atom stereocenters. The minimum atomic E-state index is -0.0865. The largest absolute Gasteiger partial charge is 0.350 e. The third-order valence-electron chi connectivity index (χ3n) is 5.25. The van der Waals surface area contributed by atoms with E-state index in [0.717, 1.165) is 23.7 Å². The number of hydrogen-bond acceptors (Lipinski definition) is 4. The molecule has 2 heterocycles. The molecule has 0 spiro atoms. The Morgan fingerprint density at radius 2 is 2.12 bits per heavy atom. The normalized spacial score (nSPS) is 22.2. The van der Waals surface area contributed by atoms with Crippen molar-refractivity contribution in [1.82, 2.24) is 19.8 Å². The third kappa shape index (κ3) is 3.61. The van der Waals surface area contributed by atoms with Gasteiger partial charge >= 0.3 is 0 Å². The number of carbonyl (C=O) groups excluding carboxylic acids is 2. The standard InChI is InChI=1S/C17H26N4O2S/c1-20-14(10-19-17(20)24-2)9-18-16(23)12-7-8-15(22)21(11-12)13-5-3-4-6-13/h10,12-13H,3-9,11H2,1-2H3,(H,18,23). The van der Waals surface area contributed by atoms with Gasteiger partial charge in [-0.25, -0.2) is 4.98 Å². The second kappa shape index (κ2) is 7.59. The van der Waals surface area contributed by atoms with E-state index in [4.69, 9.17) is 0 Å². The summed E-state index contributed by atoms with van der Waals surface area (Å²) in [5.74, 6) is 0.191. The van der Waals surface area contributed by atoms with Crippen molar-refractivity contribution in [2.75, 3.05) is 12.8 Å². The Hall–Kier alpha value is -1.50. The highest BCUT2D eigenvalue weighted by Gasteiger charge is 2.35. The smallest absolute Gasteiger partial charge is 0.225 e. The summed E-state index contributed by atoms with van der Waals surface area (Å²) in [7, 11) is 1.96. The van der Waals surface area contributed by atoms with Crippen LogP contribution in [0, 0.1) is 5.92 Å². The lowest BCUT2D eigenvalue weighted by Crippen LogP contribution is -2.49. The van der Waals surface area contributed by atoms with Crippen LogP contribution in [0.15, 0.2) is 11.4 Å².